The zero-order valence-corrected chi connectivity index (χ0v) is 29.1. The first-order valence-corrected chi connectivity index (χ1v) is 18.4. The first-order valence-electron chi connectivity index (χ1n) is 16.5. The Morgan fingerprint density at radius 2 is 1.62 bits per heavy atom. The second-order valence-electron chi connectivity index (χ2n) is 14.7. The lowest BCUT2D eigenvalue weighted by molar-refractivity contribution is -0.133. The Kier molecular flexibility index (Phi) is 12.6. The van der Waals surface area contributed by atoms with E-state index in [0.717, 1.165) is 37.5 Å². The van der Waals surface area contributed by atoms with E-state index in [2.05, 4.69) is 20.9 Å². The highest BCUT2D eigenvalue weighted by Crippen LogP contribution is 2.39. The molecule has 1 aromatic carbocycles. The second-order valence-corrected chi connectivity index (χ2v) is 17.3. The number of aliphatic hydroxyl groups excluding tert-OH is 1. The number of amides is 3. The van der Waals surface area contributed by atoms with E-state index in [4.69, 9.17) is 0 Å². The molecule has 45 heavy (non-hydrogen) atoms. The van der Waals surface area contributed by atoms with Crippen molar-refractivity contribution in [3.8, 4) is 0 Å². The van der Waals surface area contributed by atoms with Crippen molar-refractivity contribution in [1.29, 1.82) is 0 Å². The molecule has 1 aliphatic carbocycles. The van der Waals surface area contributed by atoms with E-state index < -0.39 is 56.2 Å². The zero-order valence-electron chi connectivity index (χ0n) is 28.3. The van der Waals surface area contributed by atoms with Gasteiger partial charge in [0.15, 0.2) is 9.84 Å². The van der Waals surface area contributed by atoms with E-state index >= 15 is 0 Å². The van der Waals surface area contributed by atoms with Crippen LogP contribution in [0, 0.1) is 11.8 Å². The summed E-state index contributed by atoms with van der Waals surface area (Å²) in [6, 6.07) is 6.85. The van der Waals surface area contributed by atoms with Gasteiger partial charge < -0.3 is 21.1 Å². The third-order valence-corrected chi connectivity index (χ3v) is 11.7. The van der Waals surface area contributed by atoms with Gasteiger partial charge in [-0.2, -0.15) is 0 Å². The summed E-state index contributed by atoms with van der Waals surface area (Å²) >= 11 is 0. The molecule has 10 nitrogen and oxygen atoms in total. The molecule has 0 spiro atoms. The Morgan fingerprint density at radius 1 is 1.00 bits per heavy atom. The Balaban J connectivity index is 1.91. The van der Waals surface area contributed by atoms with E-state index in [1.54, 1.807) is 0 Å². The third-order valence-electron chi connectivity index (χ3n) is 9.51. The van der Waals surface area contributed by atoms with Gasteiger partial charge in [-0.25, -0.2) is 8.42 Å². The maximum Gasteiger partial charge on any atom is 0.244 e. The molecule has 3 unspecified atom stereocenters. The predicted octanol–water partition coefficient (Wildman–Crippen LogP) is 2.98. The number of sulfone groups is 1. The molecule has 2 fully saturated rings. The molecular weight excluding hydrogens is 592 g/mol. The highest BCUT2D eigenvalue weighted by Gasteiger charge is 2.46. The molecule has 2 aliphatic rings. The minimum Gasteiger partial charge on any atom is -0.390 e. The van der Waals surface area contributed by atoms with Crippen LogP contribution in [0.5, 0.6) is 0 Å². The maximum absolute atomic E-state index is 13.9. The summed E-state index contributed by atoms with van der Waals surface area (Å²) in [6.45, 7) is 11.4. The number of hydrogen-bond acceptors (Lipinski definition) is 7. The van der Waals surface area contributed by atoms with Gasteiger partial charge in [-0.3, -0.25) is 19.3 Å². The number of aliphatic hydroxyl groups is 1. The Labute approximate surface area is 270 Å². The summed E-state index contributed by atoms with van der Waals surface area (Å²) in [7, 11) is -3.78. The van der Waals surface area contributed by atoms with Crippen LogP contribution in [-0.2, 0) is 30.6 Å². The van der Waals surface area contributed by atoms with Crippen molar-refractivity contribution in [2.45, 2.75) is 127 Å². The largest absolute Gasteiger partial charge is 0.390 e. The number of fused-ring (bicyclic) bond motifs is 1. The summed E-state index contributed by atoms with van der Waals surface area (Å²) in [5, 5.41) is 20.5. The van der Waals surface area contributed by atoms with Crippen LogP contribution < -0.4 is 16.0 Å². The molecule has 1 saturated carbocycles. The molecule has 3 rings (SSSR count). The van der Waals surface area contributed by atoms with E-state index in [9.17, 15) is 27.9 Å². The maximum atomic E-state index is 13.9. The van der Waals surface area contributed by atoms with Crippen molar-refractivity contribution in [2.24, 2.45) is 11.8 Å². The second kappa shape index (κ2) is 15.4. The molecule has 0 aromatic heterocycles. The summed E-state index contributed by atoms with van der Waals surface area (Å²) in [5.74, 6) is -0.245. The molecule has 4 N–H and O–H groups in total. The van der Waals surface area contributed by atoms with Crippen molar-refractivity contribution in [2.75, 3.05) is 19.3 Å². The summed E-state index contributed by atoms with van der Waals surface area (Å²) in [4.78, 5) is 42.2. The van der Waals surface area contributed by atoms with Crippen molar-refractivity contribution < 1.29 is 27.9 Å². The first-order chi connectivity index (χ1) is 20.9. The van der Waals surface area contributed by atoms with Crippen LogP contribution in [0.2, 0.25) is 0 Å². The van der Waals surface area contributed by atoms with Crippen LogP contribution >= 0.6 is 0 Å². The molecule has 254 valence electrons. The fourth-order valence-corrected chi connectivity index (χ4v) is 7.24. The van der Waals surface area contributed by atoms with Crippen LogP contribution in [0.4, 0.5) is 0 Å². The van der Waals surface area contributed by atoms with Gasteiger partial charge in [-0.1, -0.05) is 56.5 Å². The lowest BCUT2D eigenvalue weighted by atomic mass is 9.72. The minimum atomic E-state index is -3.78. The van der Waals surface area contributed by atoms with Crippen LogP contribution in [0.3, 0.4) is 0 Å². The van der Waals surface area contributed by atoms with E-state index in [0.29, 0.717) is 24.8 Å². The van der Waals surface area contributed by atoms with Gasteiger partial charge in [0, 0.05) is 31.3 Å². The van der Waals surface area contributed by atoms with E-state index in [1.165, 1.54) is 20.3 Å². The first kappa shape index (κ1) is 37.0. The van der Waals surface area contributed by atoms with E-state index in [-0.39, 0.29) is 25.3 Å². The Bertz CT molecular complexity index is 1260. The van der Waals surface area contributed by atoms with Crippen molar-refractivity contribution in [1.82, 2.24) is 20.9 Å². The lowest BCUT2D eigenvalue weighted by Gasteiger charge is -2.47. The number of likely N-dealkylation sites (tertiary alicyclic amines) is 1. The van der Waals surface area contributed by atoms with Crippen molar-refractivity contribution >= 4 is 27.6 Å². The quantitative estimate of drug-likeness (QED) is 0.257. The minimum absolute atomic E-state index is 0.0593. The number of carbonyl (C=O) groups excluding carboxylic acids is 3. The van der Waals surface area contributed by atoms with Crippen LogP contribution in [0.15, 0.2) is 30.3 Å². The van der Waals surface area contributed by atoms with Gasteiger partial charge >= 0.3 is 0 Å². The van der Waals surface area contributed by atoms with Gasteiger partial charge in [-0.05, 0) is 77.7 Å². The van der Waals surface area contributed by atoms with Crippen LogP contribution in [0.25, 0.3) is 0 Å². The molecule has 11 heteroatoms. The summed E-state index contributed by atoms with van der Waals surface area (Å²) < 4.78 is 24.0. The zero-order chi connectivity index (χ0) is 33.6. The number of rotatable bonds is 13. The molecule has 1 aromatic rings. The highest BCUT2D eigenvalue weighted by atomic mass is 32.2. The normalized spacial score (nSPS) is 23.2. The fourth-order valence-electron chi connectivity index (χ4n) is 6.64. The van der Waals surface area contributed by atoms with Crippen molar-refractivity contribution in [3.63, 3.8) is 0 Å². The summed E-state index contributed by atoms with van der Waals surface area (Å²) in [5.41, 5.74) is 0.474. The van der Waals surface area contributed by atoms with Crippen LogP contribution in [-0.4, -0.2) is 90.0 Å². The summed E-state index contributed by atoms with van der Waals surface area (Å²) in [6.07, 6.45) is 6.19. The topological polar surface area (TPSA) is 145 Å². The van der Waals surface area contributed by atoms with Gasteiger partial charge in [0.25, 0.3) is 0 Å². The van der Waals surface area contributed by atoms with Gasteiger partial charge in [0.2, 0.25) is 17.7 Å². The lowest BCUT2D eigenvalue weighted by Crippen LogP contribution is -2.64. The average molecular weight is 649 g/mol. The molecule has 3 amide bonds. The predicted molar refractivity (Wildman–Crippen MR) is 177 cm³/mol. The number of benzene rings is 1. The van der Waals surface area contributed by atoms with Crippen LogP contribution in [0.1, 0.15) is 92.1 Å². The third kappa shape index (κ3) is 10.2. The standard InChI is InChI=1S/C34H56N4O6S/c1-8-14-29(40)36-30(34(5,6)45(7,43)44)32(42)35-26(19-23-15-10-9-11-16-23)28(39)22-38-21-25-18-13-12-17-24(25)20-27(38)31(41)37-33(2,3)4/h9-11,15-16,24-28,30,39H,8,12-14,17-22H2,1-7H3,(H,35,42)(H,36,40)(H,37,41)/t24-,25+,26?,27?,28?,30+/m0/s1. The molecule has 0 bridgehead atoms. The fraction of sp³-hybridized carbons (Fsp3) is 0.735. The SMILES string of the molecule is CCCC(=O)N[C@H](C(=O)NC(Cc1ccccc1)C(O)CN1C[C@H]2CCCC[C@H]2CC1C(=O)NC(C)(C)C)C(C)(C)S(C)(=O)=O. The monoisotopic (exact) mass is 648 g/mol. The van der Waals surface area contributed by atoms with Gasteiger partial charge in [-0.15, -0.1) is 0 Å². The number of hydrogen-bond donors (Lipinski definition) is 4. The number of piperidine rings is 1. The smallest absolute Gasteiger partial charge is 0.244 e. The average Bonchev–Trinajstić information content (AvgIpc) is 2.94. The van der Waals surface area contributed by atoms with E-state index in [1.807, 2.05) is 58.0 Å². The molecular formula is C34H56N4O6S. The molecule has 1 saturated heterocycles. The van der Waals surface area contributed by atoms with Gasteiger partial charge in [0.1, 0.15) is 6.04 Å². The highest BCUT2D eigenvalue weighted by molar-refractivity contribution is 7.92. The Morgan fingerprint density at radius 3 is 2.20 bits per heavy atom. The number of nitrogens with one attached hydrogen (secondary N) is 3. The number of carbonyl (C=O) groups is 3. The number of β-amino-alcohol motifs (C(OH)–C–C–N with tert-alkyl or cyclic N) is 1. The molecule has 1 heterocycles. The molecule has 0 radical (unpaired) electrons. The number of nitrogens with zero attached hydrogens (tertiary/aromatic N) is 1. The van der Waals surface area contributed by atoms with Gasteiger partial charge in [0.05, 0.1) is 22.9 Å². The van der Waals surface area contributed by atoms with Crippen molar-refractivity contribution in [3.05, 3.63) is 35.9 Å². The molecule has 6 atom stereocenters. The Hall–Kier alpha value is -2.50. The molecule has 1 aliphatic heterocycles.